The highest BCUT2D eigenvalue weighted by atomic mass is 79.9. The zero-order valence-corrected chi connectivity index (χ0v) is 10.9. The van der Waals surface area contributed by atoms with Crippen molar-refractivity contribution in [3.8, 4) is 5.75 Å². The fourth-order valence-corrected chi connectivity index (χ4v) is 1.61. The molecule has 0 bridgehead atoms. The van der Waals surface area contributed by atoms with E-state index in [4.69, 9.17) is 4.74 Å². The third-order valence-electron chi connectivity index (χ3n) is 1.97. The number of hydrogen-bond donors (Lipinski definition) is 1. The van der Waals surface area contributed by atoms with E-state index in [0.29, 0.717) is 6.04 Å². The van der Waals surface area contributed by atoms with Crippen LogP contribution in [0.25, 0.3) is 0 Å². The van der Waals surface area contributed by atoms with Crippen LogP contribution in [-0.4, -0.2) is 19.2 Å². The molecule has 0 heterocycles. The van der Waals surface area contributed by atoms with Gasteiger partial charge < -0.3 is 10.1 Å². The summed E-state index contributed by atoms with van der Waals surface area (Å²) in [4.78, 5) is 0. The first-order valence-corrected chi connectivity index (χ1v) is 6.10. The lowest BCUT2D eigenvalue weighted by Crippen LogP contribution is -2.24. The molecule has 0 saturated carbocycles. The summed E-state index contributed by atoms with van der Waals surface area (Å²) >= 11 is 3.45. The van der Waals surface area contributed by atoms with E-state index in [2.05, 4.69) is 35.1 Å². The van der Waals surface area contributed by atoms with Crippen LogP contribution in [0.15, 0.2) is 28.7 Å². The molecule has 0 radical (unpaired) electrons. The second-order valence-corrected chi connectivity index (χ2v) is 4.60. The number of ether oxygens (including phenoxy) is 1. The molecule has 0 aliphatic rings. The highest BCUT2D eigenvalue weighted by Gasteiger charge is 1.98. The maximum Gasteiger partial charge on any atom is 0.133 e. The molecule has 84 valence electrons. The number of rotatable bonds is 6. The minimum atomic E-state index is 0.550. The molecule has 1 rings (SSSR count). The normalized spacial score (nSPS) is 10.7. The van der Waals surface area contributed by atoms with Gasteiger partial charge in [0.05, 0.1) is 11.1 Å². The Morgan fingerprint density at radius 3 is 2.73 bits per heavy atom. The molecule has 0 aliphatic heterocycles. The Morgan fingerprint density at radius 2 is 2.07 bits per heavy atom. The molecule has 0 fully saturated rings. The lowest BCUT2D eigenvalue weighted by Gasteiger charge is -2.10. The van der Waals surface area contributed by atoms with Crippen LogP contribution in [0, 0.1) is 0 Å². The first kappa shape index (κ1) is 12.5. The SMILES string of the molecule is CC(C)NCCCOc1ccccc1Br. The number of halogens is 1. The monoisotopic (exact) mass is 271 g/mol. The molecular weight excluding hydrogens is 254 g/mol. The fraction of sp³-hybridized carbons (Fsp3) is 0.500. The van der Waals surface area contributed by atoms with Gasteiger partial charge >= 0.3 is 0 Å². The Balaban J connectivity index is 2.18. The summed E-state index contributed by atoms with van der Waals surface area (Å²) in [5.41, 5.74) is 0. The predicted molar refractivity (Wildman–Crippen MR) is 67.4 cm³/mol. The first-order valence-electron chi connectivity index (χ1n) is 5.31. The molecular formula is C12H18BrNO. The van der Waals surface area contributed by atoms with E-state index in [-0.39, 0.29) is 0 Å². The van der Waals surface area contributed by atoms with Crippen LogP contribution in [0.1, 0.15) is 20.3 Å². The molecule has 15 heavy (non-hydrogen) atoms. The third-order valence-corrected chi connectivity index (χ3v) is 2.62. The molecule has 1 N–H and O–H groups in total. The number of para-hydroxylation sites is 1. The molecule has 1 aromatic rings. The van der Waals surface area contributed by atoms with Gasteiger partial charge in [-0.25, -0.2) is 0 Å². The zero-order valence-electron chi connectivity index (χ0n) is 9.29. The van der Waals surface area contributed by atoms with Crippen molar-refractivity contribution in [3.05, 3.63) is 28.7 Å². The predicted octanol–water partition coefficient (Wildman–Crippen LogP) is 3.22. The molecule has 2 nitrogen and oxygen atoms in total. The standard InChI is InChI=1S/C12H18BrNO/c1-10(2)14-8-5-9-15-12-7-4-3-6-11(12)13/h3-4,6-7,10,14H,5,8-9H2,1-2H3. The minimum absolute atomic E-state index is 0.550. The van der Waals surface area contributed by atoms with Crippen LogP contribution in [0.2, 0.25) is 0 Å². The lowest BCUT2D eigenvalue weighted by molar-refractivity contribution is 0.304. The minimum Gasteiger partial charge on any atom is -0.492 e. The van der Waals surface area contributed by atoms with Gasteiger partial charge in [-0.15, -0.1) is 0 Å². The van der Waals surface area contributed by atoms with Crippen molar-refractivity contribution >= 4 is 15.9 Å². The summed E-state index contributed by atoms with van der Waals surface area (Å²) < 4.78 is 6.65. The Labute approximate surface area is 100 Å². The van der Waals surface area contributed by atoms with Crippen LogP contribution < -0.4 is 10.1 Å². The van der Waals surface area contributed by atoms with Crippen molar-refractivity contribution in [3.63, 3.8) is 0 Å². The third kappa shape index (κ3) is 5.19. The van der Waals surface area contributed by atoms with Gasteiger partial charge in [0, 0.05) is 6.04 Å². The van der Waals surface area contributed by atoms with Crippen molar-refractivity contribution < 1.29 is 4.74 Å². The maximum absolute atomic E-state index is 5.63. The smallest absolute Gasteiger partial charge is 0.133 e. The van der Waals surface area contributed by atoms with Crippen LogP contribution >= 0.6 is 15.9 Å². The summed E-state index contributed by atoms with van der Waals surface area (Å²) in [6, 6.07) is 8.47. The van der Waals surface area contributed by atoms with Crippen LogP contribution in [-0.2, 0) is 0 Å². The zero-order chi connectivity index (χ0) is 11.1. The average molecular weight is 272 g/mol. The van der Waals surface area contributed by atoms with Gasteiger partial charge in [0.2, 0.25) is 0 Å². The second-order valence-electron chi connectivity index (χ2n) is 3.74. The number of benzene rings is 1. The van der Waals surface area contributed by atoms with Crippen molar-refractivity contribution in [1.82, 2.24) is 5.32 Å². The van der Waals surface area contributed by atoms with Crippen molar-refractivity contribution in [1.29, 1.82) is 0 Å². The van der Waals surface area contributed by atoms with Gasteiger partial charge in [0.15, 0.2) is 0 Å². The van der Waals surface area contributed by atoms with Crippen molar-refractivity contribution in [2.45, 2.75) is 26.3 Å². The molecule has 0 unspecified atom stereocenters. The van der Waals surface area contributed by atoms with E-state index in [1.54, 1.807) is 0 Å². The van der Waals surface area contributed by atoms with Gasteiger partial charge in [-0.1, -0.05) is 26.0 Å². The Bertz CT molecular complexity index is 289. The van der Waals surface area contributed by atoms with Gasteiger partial charge in [0.1, 0.15) is 5.75 Å². The molecule has 0 atom stereocenters. The summed E-state index contributed by atoms with van der Waals surface area (Å²) in [5.74, 6) is 0.919. The maximum atomic E-state index is 5.63. The molecule has 0 aromatic heterocycles. The molecule has 1 aromatic carbocycles. The van der Waals surface area contributed by atoms with E-state index in [1.807, 2.05) is 24.3 Å². The highest BCUT2D eigenvalue weighted by Crippen LogP contribution is 2.23. The van der Waals surface area contributed by atoms with E-state index in [1.165, 1.54) is 0 Å². The van der Waals surface area contributed by atoms with E-state index in [9.17, 15) is 0 Å². The Kier molecular flexibility index (Phi) is 5.73. The number of nitrogens with one attached hydrogen (secondary N) is 1. The van der Waals surface area contributed by atoms with E-state index < -0.39 is 0 Å². The summed E-state index contributed by atoms with van der Waals surface area (Å²) in [7, 11) is 0. The van der Waals surface area contributed by atoms with Gasteiger partial charge in [0.25, 0.3) is 0 Å². The quantitative estimate of drug-likeness (QED) is 0.803. The van der Waals surface area contributed by atoms with Crippen molar-refractivity contribution in [2.24, 2.45) is 0 Å². The first-order chi connectivity index (χ1) is 7.20. The summed E-state index contributed by atoms with van der Waals surface area (Å²) in [6.07, 6.45) is 1.03. The van der Waals surface area contributed by atoms with Crippen molar-refractivity contribution in [2.75, 3.05) is 13.2 Å². The second kappa shape index (κ2) is 6.85. The molecule has 0 saturated heterocycles. The Morgan fingerprint density at radius 1 is 1.33 bits per heavy atom. The fourth-order valence-electron chi connectivity index (χ4n) is 1.21. The summed E-state index contributed by atoms with van der Waals surface area (Å²) in [6.45, 7) is 6.05. The average Bonchev–Trinajstić information content (AvgIpc) is 2.20. The van der Waals surface area contributed by atoms with Crippen LogP contribution in [0.4, 0.5) is 0 Å². The Hall–Kier alpha value is -0.540. The molecule has 0 aliphatic carbocycles. The largest absolute Gasteiger partial charge is 0.492 e. The molecule has 3 heteroatoms. The van der Waals surface area contributed by atoms with E-state index in [0.717, 1.165) is 29.8 Å². The van der Waals surface area contributed by atoms with Crippen LogP contribution in [0.3, 0.4) is 0 Å². The molecule has 0 spiro atoms. The van der Waals surface area contributed by atoms with Gasteiger partial charge in [-0.3, -0.25) is 0 Å². The lowest BCUT2D eigenvalue weighted by atomic mass is 10.3. The van der Waals surface area contributed by atoms with E-state index >= 15 is 0 Å². The van der Waals surface area contributed by atoms with Crippen LogP contribution in [0.5, 0.6) is 5.75 Å². The van der Waals surface area contributed by atoms with Gasteiger partial charge in [-0.05, 0) is 41.0 Å². The van der Waals surface area contributed by atoms with Gasteiger partial charge in [-0.2, -0.15) is 0 Å². The topological polar surface area (TPSA) is 21.3 Å². The number of hydrogen-bond acceptors (Lipinski definition) is 2. The molecule has 0 amide bonds. The summed E-state index contributed by atoms with van der Waals surface area (Å²) in [5, 5.41) is 3.35. The highest BCUT2D eigenvalue weighted by molar-refractivity contribution is 9.10.